The molecule has 0 aliphatic heterocycles. The van der Waals surface area contributed by atoms with Gasteiger partial charge in [-0.1, -0.05) is 32.0 Å². The summed E-state index contributed by atoms with van der Waals surface area (Å²) in [7, 11) is 0. The van der Waals surface area contributed by atoms with Crippen LogP contribution >= 0.6 is 0 Å². The van der Waals surface area contributed by atoms with Crippen molar-refractivity contribution in [2.75, 3.05) is 38.2 Å². The molecule has 0 unspecified atom stereocenters. The van der Waals surface area contributed by atoms with E-state index in [0.29, 0.717) is 6.61 Å². The molecule has 0 aliphatic rings. The highest BCUT2D eigenvalue weighted by Gasteiger charge is 2.08. The third-order valence-electron chi connectivity index (χ3n) is 4.47. The summed E-state index contributed by atoms with van der Waals surface area (Å²) in [5.41, 5.74) is 2.77. The van der Waals surface area contributed by atoms with E-state index in [1.807, 2.05) is 56.3 Å². The number of anilines is 1. The Bertz CT molecular complexity index is 705. The monoisotopic (exact) mass is 370 g/mol. The van der Waals surface area contributed by atoms with Gasteiger partial charge in [-0.15, -0.1) is 0 Å². The number of amides is 1. The quantitative estimate of drug-likeness (QED) is 0.686. The van der Waals surface area contributed by atoms with Gasteiger partial charge in [0.05, 0.1) is 0 Å². The van der Waals surface area contributed by atoms with Crippen molar-refractivity contribution < 1.29 is 14.3 Å². The topological polar surface area (TPSA) is 50.8 Å². The fraction of sp³-hybridized carbons (Fsp3) is 0.409. The third kappa shape index (κ3) is 6.61. The summed E-state index contributed by atoms with van der Waals surface area (Å²) in [6, 6.07) is 13.3. The Morgan fingerprint density at radius 3 is 2.19 bits per heavy atom. The summed E-state index contributed by atoms with van der Waals surface area (Å²) in [5, 5.41) is 2.84. The van der Waals surface area contributed by atoms with E-state index in [1.165, 1.54) is 0 Å². The van der Waals surface area contributed by atoms with Gasteiger partial charge in [-0.2, -0.15) is 0 Å². The van der Waals surface area contributed by atoms with E-state index < -0.39 is 0 Å². The van der Waals surface area contributed by atoms with Crippen LogP contribution in [0.2, 0.25) is 0 Å². The van der Waals surface area contributed by atoms with Crippen molar-refractivity contribution in [2.45, 2.75) is 27.7 Å². The van der Waals surface area contributed by atoms with Crippen LogP contribution in [-0.4, -0.2) is 43.7 Å². The molecule has 0 spiro atoms. The third-order valence-corrected chi connectivity index (χ3v) is 4.47. The Hall–Kier alpha value is -2.53. The van der Waals surface area contributed by atoms with Gasteiger partial charge in [0.2, 0.25) is 0 Å². The van der Waals surface area contributed by atoms with Gasteiger partial charge in [-0.25, -0.2) is 0 Å². The first-order chi connectivity index (χ1) is 13.0. The van der Waals surface area contributed by atoms with E-state index in [2.05, 4.69) is 24.1 Å². The van der Waals surface area contributed by atoms with Crippen molar-refractivity contribution in [3.8, 4) is 11.5 Å². The Morgan fingerprint density at radius 1 is 0.963 bits per heavy atom. The number of benzene rings is 2. The number of aryl methyl sites for hydroxylation is 2. The molecule has 5 heteroatoms. The number of nitrogens with zero attached hydrogens (tertiary/aromatic N) is 1. The normalized spacial score (nSPS) is 10.7. The van der Waals surface area contributed by atoms with Gasteiger partial charge in [0, 0.05) is 12.2 Å². The van der Waals surface area contributed by atoms with Crippen molar-refractivity contribution >= 4 is 11.6 Å². The molecule has 1 amide bonds. The fourth-order valence-corrected chi connectivity index (χ4v) is 2.83. The molecule has 0 aliphatic carbocycles. The van der Waals surface area contributed by atoms with Crippen molar-refractivity contribution in [3.63, 3.8) is 0 Å². The average molecular weight is 370 g/mol. The molecule has 0 atom stereocenters. The lowest BCUT2D eigenvalue weighted by Crippen LogP contribution is -2.27. The summed E-state index contributed by atoms with van der Waals surface area (Å²) < 4.78 is 11.4. The van der Waals surface area contributed by atoms with Crippen molar-refractivity contribution in [1.82, 2.24) is 4.90 Å². The molecule has 146 valence electrons. The maximum atomic E-state index is 12.1. The minimum absolute atomic E-state index is 0.0200. The Balaban J connectivity index is 1.79. The number of rotatable bonds is 10. The Kier molecular flexibility index (Phi) is 8.14. The first-order valence-corrected chi connectivity index (χ1v) is 9.47. The van der Waals surface area contributed by atoms with Crippen LogP contribution in [0.15, 0.2) is 42.5 Å². The molecule has 0 heterocycles. The lowest BCUT2D eigenvalue weighted by atomic mass is 10.1. The summed E-state index contributed by atoms with van der Waals surface area (Å²) >= 11 is 0. The van der Waals surface area contributed by atoms with Crippen LogP contribution in [0.3, 0.4) is 0 Å². The zero-order valence-electron chi connectivity index (χ0n) is 16.7. The van der Waals surface area contributed by atoms with E-state index in [1.54, 1.807) is 0 Å². The first-order valence-electron chi connectivity index (χ1n) is 9.47. The van der Waals surface area contributed by atoms with Gasteiger partial charge in [0.15, 0.2) is 6.61 Å². The number of hydrogen-bond donors (Lipinski definition) is 1. The van der Waals surface area contributed by atoms with Crippen molar-refractivity contribution in [3.05, 3.63) is 53.6 Å². The molecule has 5 nitrogen and oxygen atoms in total. The van der Waals surface area contributed by atoms with Gasteiger partial charge in [-0.3, -0.25) is 4.79 Å². The highest BCUT2D eigenvalue weighted by Crippen LogP contribution is 2.22. The number of para-hydroxylation sites is 1. The summed E-state index contributed by atoms with van der Waals surface area (Å²) in [6.45, 7) is 11.8. The minimum atomic E-state index is -0.187. The van der Waals surface area contributed by atoms with Crippen molar-refractivity contribution in [2.24, 2.45) is 0 Å². The largest absolute Gasteiger partial charge is 0.492 e. The summed E-state index contributed by atoms with van der Waals surface area (Å²) in [4.78, 5) is 14.4. The van der Waals surface area contributed by atoms with E-state index in [9.17, 15) is 4.79 Å². The van der Waals surface area contributed by atoms with Crippen LogP contribution in [0.25, 0.3) is 0 Å². The number of nitrogens with one attached hydrogen (secondary N) is 1. The molecule has 1 N–H and O–H groups in total. The van der Waals surface area contributed by atoms with Gasteiger partial charge in [-0.05, 0) is 62.3 Å². The molecule has 0 saturated heterocycles. The van der Waals surface area contributed by atoms with Crippen molar-refractivity contribution in [1.29, 1.82) is 0 Å². The fourth-order valence-electron chi connectivity index (χ4n) is 2.83. The predicted molar refractivity (Wildman–Crippen MR) is 110 cm³/mol. The number of likely N-dealkylation sites (N-methyl/N-ethyl adjacent to an activating group) is 1. The lowest BCUT2D eigenvalue weighted by molar-refractivity contribution is -0.118. The van der Waals surface area contributed by atoms with Crippen LogP contribution < -0.4 is 14.8 Å². The molecule has 27 heavy (non-hydrogen) atoms. The first kappa shape index (κ1) is 20.8. The maximum Gasteiger partial charge on any atom is 0.262 e. The molecule has 0 aromatic heterocycles. The van der Waals surface area contributed by atoms with E-state index in [-0.39, 0.29) is 12.5 Å². The minimum Gasteiger partial charge on any atom is -0.492 e. The molecule has 2 aromatic rings. The maximum absolute atomic E-state index is 12.1. The molecule has 2 rings (SSSR count). The summed E-state index contributed by atoms with van der Waals surface area (Å²) in [6.07, 6.45) is 0. The number of carbonyl (C=O) groups excluding carboxylic acids is 1. The lowest BCUT2D eigenvalue weighted by Gasteiger charge is -2.18. The molecular formula is C22H30N2O3. The molecule has 0 bridgehead atoms. The van der Waals surface area contributed by atoms with Crippen LogP contribution in [-0.2, 0) is 4.79 Å². The predicted octanol–water partition coefficient (Wildman–Crippen LogP) is 4.04. The van der Waals surface area contributed by atoms with Crippen LogP contribution in [0, 0.1) is 13.8 Å². The second-order valence-electron chi connectivity index (χ2n) is 6.46. The second kappa shape index (κ2) is 10.6. The number of ether oxygens (including phenoxy) is 2. The van der Waals surface area contributed by atoms with Crippen LogP contribution in [0.1, 0.15) is 25.0 Å². The van der Waals surface area contributed by atoms with E-state index in [0.717, 1.165) is 47.9 Å². The summed E-state index contributed by atoms with van der Waals surface area (Å²) in [5.74, 6) is 1.38. The van der Waals surface area contributed by atoms with E-state index >= 15 is 0 Å². The Labute approximate surface area is 162 Å². The smallest absolute Gasteiger partial charge is 0.262 e. The Morgan fingerprint density at radius 2 is 1.59 bits per heavy atom. The van der Waals surface area contributed by atoms with Gasteiger partial charge < -0.3 is 19.7 Å². The van der Waals surface area contributed by atoms with Crippen LogP contribution in [0.5, 0.6) is 11.5 Å². The molecule has 0 fully saturated rings. The highest BCUT2D eigenvalue weighted by molar-refractivity contribution is 5.91. The standard InChI is InChI=1S/C22H30N2O3/c1-5-24(6-2)14-15-26-20-12-10-19(11-13-20)23-21(25)16-27-22-17(3)8-7-9-18(22)4/h7-13H,5-6,14-16H2,1-4H3,(H,23,25). The number of hydrogen-bond acceptors (Lipinski definition) is 4. The molecular weight excluding hydrogens is 340 g/mol. The van der Waals surface area contributed by atoms with Crippen LogP contribution in [0.4, 0.5) is 5.69 Å². The molecule has 2 aromatic carbocycles. The van der Waals surface area contributed by atoms with Gasteiger partial charge in [0.25, 0.3) is 5.91 Å². The SMILES string of the molecule is CCN(CC)CCOc1ccc(NC(=O)COc2c(C)cccc2C)cc1. The average Bonchev–Trinajstić information content (AvgIpc) is 2.66. The van der Waals surface area contributed by atoms with E-state index in [4.69, 9.17) is 9.47 Å². The van der Waals surface area contributed by atoms with Gasteiger partial charge in [0.1, 0.15) is 18.1 Å². The van der Waals surface area contributed by atoms with Gasteiger partial charge >= 0.3 is 0 Å². The highest BCUT2D eigenvalue weighted by atomic mass is 16.5. The zero-order valence-corrected chi connectivity index (χ0v) is 16.7. The zero-order chi connectivity index (χ0) is 19.6. The molecule has 0 radical (unpaired) electrons. The molecule has 0 saturated carbocycles. The second-order valence-corrected chi connectivity index (χ2v) is 6.46. The number of carbonyl (C=O) groups is 1.